The van der Waals surface area contributed by atoms with Crippen LogP contribution >= 0.6 is 0 Å². The van der Waals surface area contributed by atoms with Crippen molar-refractivity contribution < 1.29 is 19.1 Å². The maximum absolute atomic E-state index is 11.3. The molecular formula is C11H22N2O4. The Morgan fingerprint density at radius 1 is 1.18 bits per heavy atom. The fraction of sp³-hybridized carbons (Fsp3) is 0.818. The van der Waals surface area contributed by atoms with Gasteiger partial charge in [0, 0.05) is 20.6 Å². The summed E-state index contributed by atoms with van der Waals surface area (Å²) in [6.45, 7) is 3.41. The fourth-order valence-electron chi connectivity index (χ4n) is 1.03. The van der Waals surface area contributed by atoms with Crippen LogP contribution in [0.25, 0.3) is 0 Å². The molecule has 0 spiro atoms. The molecular weight excluding hydrogens is 224 g/mol. The van der Waals surface area contributed by atoms with Gasteiger partial charge in [0.2, 0.25) is 5.91 Å². The maximum atomic E-state index is 11.3. The Morgan fingerprint density at radius 2 is 1.82 bits per heavy atom. The van der Waals surface area contributed by atoms with Crippen LogP contribution in [0.4, 0.5) is 0 Å². The van der Waals surface area contributed by atoms with Crippen molar-refractivity contribution in [1.29, 1.82) is 0 Å². The smallest absolute Gasteiger partial charge is 0.332 e. The first-order valence-electron chi connectivity index (χ1n) is 5.59. The number of hydrogen-bond acceptors (Lipinski definition) is 5. The van der Waals surface area contributed by atoms with E-state index in [1.54, 1.807) is 21.0 Å². The molecule has 100 valence electrons. The Bertz CT molecular complexity index is 244. The molecule has 0 saturated heterocycles. The topological polar surface area (TPSA) is 59.1 Å². The van der Waals surface area contributed by atoms with Crippen molar-refractivity contribution in [2.45, 2.75) is 6.92 Å². The fourth-order valence-corrected chi connectivity index (χ4v) is 1.03. The van der Waals surface area contributed by atoms with Crippen LogP contribution in [0.15, 0.2) is 0 Å². The normalized spacial score (nSPS) is 10.4. The number of likely N-dealkylation sites (N-methyl/N-ethyl adjacent to an activating group) is 2. The summed E-state index contributed by atoms with van der Waals surface area (Å²) < 4.78 is 9.83. The molecule has 0 rings (SSSR count). The van der Waals surface area contributed by atoms with Crippen molar-refractivity contribution in [2.24, 2.45) is 0 Å². The molecule has 0 aliphatic rings. The average Bonchev–Trinajstić information content (AvgIpc) is 2.24. The summed E-state index contributed by atoms with van der Waals surface area (Å²) in [5.41, 5.74) is 0. The van der Waals surface area contributed by atoms with Gasteiger partial charge in [-0.2, -0.15) is 0 Å². The van der Waals surface area contributed by atoms with E-state index in [0.717, 1.165) is 0 Å². The molecule has 1 amide bonds. The van der Waals surface area contributed by atoms with Crippen LogP contribution < -0.4 is 0 Å². The number of nitrogens with zero attached hydrogens (tertiary/aromatic N) is 2. The van der Waals surface area contributed by atoms with Gasteiger partial charge in [0.05, 0.1) is 19.8 Å². The van der Waals surface area contributed by atoms with Crippen LogP contribution in [0.3, 0.4) is 0 Å². The Morgan fingerprint density at radius 3 is 2.35 bits per heavy atom. The van der Waals surface area contributed by atoms with Crippen molar-refractivity contribution in [3.8, 4) is 0 Å². The molecule has 0 fully saturated rings. The molecule has 0 aliphatic carbocycles. The highest BCUT2D eigenvalue weighted by atomic mass is 16.6. The van der Waals surface area contributed by atoms with Crippen LogP contribution in [0.1, 0.15) is 6.92 Å². The lowest BCUT2D eigenvalue weighted by Crippen LogP contribution is -2.36. The molecule has 0 heterocycles. The molecule has 0 aromatic rings. The molecule has 0 atom stereocenters. The van der Waals surface area contributed by atoms with Crippen molar-refractivity contribution in [3.05, 3.63) is 0 Å². The van der Waals surface area contributed by atoms with Gasteiger partial charge in [-0.3, -0.25) is 9.69 Å². The van der Waals surface area contributed by atoms with Crippen molar-refractivity contribution in [3.63, 3.8) is 0 Å². The highest BCUT2D eigenvalue weighted by Gasteiger charge is 2.08. The van der Waals surface area contributed by atoms with Gasteiger partial charge in [-0.05, 0) is 14.0 Å². The number of ether oxygens (including phenoxy) is 2. The van der Waals surface area contributed by atoms with E-state index in [1.807, 2.05) is 11.9 Å². The molecule has 6 heteroatoms. The summed E-state index contributed by atoms with van der Waals surface area (Å²) in [5, 5.41) is 0. The molecule has 17 heavy (non-hydrogen) atoms. The molecule has 0 unspecified atom stereocenters. The zero-order valence-corrected chi connectivity index (χ0v) is 11.1. The molecule has 0 saturated carbocycles. The largest absolute Gasteiger partial charge is 0.464 e. The third kappa shape index (κ3) is 8.65. The SMILES string of the molecule is CCOC(=O)COCCN(C)CC(=O)N(C)C. The summed E-state index contributed by atoms with van der Waals surface area (Å²) in [7, 11) is 5.26. The lowest BCUT2D eigenvalue weighted by molar-refractivity contribution is -0.148. The van der Waals surface area contributed by atoms with Gasteiger partial charge in [-0.15, -0.1) is 0 Å². The molecule has 0 aromatic carbocycles. The molecule has 0 radical (unpaired) electrons. The Balaban J connectivity index is 3.54. The predicted octanol–water partition coefficient (Wildman–Crippen LogP) is -0.414. The van der Waals surface area contributed by atoms with Crippen LogP contribution in [0.5, 0.6) is 0 Å². The number of amides is 1. The molecule has 0 bridgehead atoms. The summed E-state index contributed by atoms with van der Waals surface area (Å²) in [5.74, 6) is -0.322. The number of carbonyl (C=O) groups is 2. The van der Waals surface area contributed by atoms with Crippen LogP contribution in [0, 0.1) is 0 Å². The first-order valence-corrected chi connectivity index (χ1v) is 5.59. The minimum Gasteiger partial charge on any atom is -0.464 e. The van der Waals surface area contributed by atoms with Crippen molar-refractivity contribution in [1.82, 2.24) is 9.80 Å². The van der Waals surface area contributed by atoms with E-state index < -0.39 is 0 Å². The van der Waals surface area contributed by atoms with E-state index in [-0.39, 0.29) is 18.5 Å². The van der Waals surface area contributed by atoms with E-state index in [2.05, 4.69) is 0 Å². The molecule has 0 aromatic heterocycles. The monoisotopic (exact) mass is 246 g/mol. The van der Waals surface area contributed by atoms with Gasteiger partial charge >= 0.3 is 5.97 Å². The summed E-state index contributed by atoms with van der Waals surface area (Å²) in [4.78, 5) is 25.7. The van der Waals surface area contributed by atoms with Gasteiger partial charge < -0.3 is 14.4 Å². The van der Waals surface area contributed by atoms with E-state index in [4.69, 9.17) is 9.47 Å². The lowest BCUT2D eigenvalue weighted by Gasteiger charge is -2.18. The molecule has 6 nitrogen and oxygen atoms in total. The molecule has 0 N–H and O–H groups in total. The van der Waals surface area contributed by atoms with Gasteiger partial charge in [-0.25, -0.2) is 4.79 Å². The van der Waals surface area contributed by atoms with E-state index in [0.29, 0.717) is 26.3 Å². The Kier molecular flexibility index (Phi) is 8.35. The zero-order valence-electron chi connectivity index (χ0n) is 11.1. The summed E-state index contributed by atoms with van der Waals surface area (Å²) in [6, 6.07) is 0. The second kappa shape index (κ2) is 8.95. The third-order valence-electron chi connectivity index (χ3n) is 2.05. The van der Waals surface area contributed by atoms with Crippen LogP contribution in [0.2, 0.25) is 0 Å². The quantitative estimate of drug-likeness (QED) is 0.430. The summed E-state index contributed by atoms with van der Waals surface area (Å²) in [6.07, 6.45) is 0. The highest BCUT2D eigenvalue weighted by Crippen LogP contribution is 1.88. The van der Waals surface area contributed by atoms with Gasteiger partial charge in [-0.1, -0.05) is 0 Å². The van der Waals surface area contributed by atoms with E-state index in [1.165, 1.54) is 4.90 Å². The first-order chi connectivity index (χ1) is 7.97. The number of hydrogen-bond donors (Lipinski definition) is 0. The molecule has 0 aliphatic heterocycles. The number of rotatable bonds is 8. The van der Waals surface area contributed by atoms with Crippen LogP contribution in [-0.2, 0) is 19.1 Å². The van der Waals surface area contributed by atoms with Gasteiger partial charge in [0.1, 0.15) is 6.61 Å². The second-order valence-corrected chi connectivity index (χ2v) is 3.88. The number of carbonyl (C=O) groups excluding carboxylic acids is 2. The van der Waals surface area contributed by atoms with Crippen LogP contribution in [-0.4, -0.2) is 75.7 Å². The lowest BCUT2D eigenvalue weighted by atomic mass is 10.4. The minimum absolute atomic E-state index is 0.0384. The summed E-state index contributed by atoms with van der Waals surface area (Å²) >= 11 is 0. The standard InChI is InChI=1S/C11H22N2O4/c1-5-17-11(15)9-16-7-6-13(4)8-10(14)12(2)3/h5-9H2,1-4H3. The Labute approximate surface area is 102 Å². The third-order valence-corrected chi connectivity index (χ3v) is 2.05. The van der Waals surface area contributed by atoms with E-state index >= 15 is 0 Å². The Hall–Kier alpha value is -1.14. The van der Waals surface area contributed by atoms with E-state index in [9.17, 15) is 9.59 Å². The predicted molar refractivity (Wildman–Crippen MR) is 63.6 cm³/mol. The van der Waals surface area contributed by atoms with Gasteiger partial charge in [0.15, 0.2) is 0 Å². The average molecular weight is 246 g/mol. The maximum Gasteiger partial charge on any atom is 0.332 e. The first kappa shape index (κ1) is 15.9. The highest BCUT2D eigenvalue weighted by molar-refractivity contribution is 5.77. The van der Waals surface area contributed by atoms with Gasteiger partial charge in [0.25, 0.3) is 0 Å². The van der Waals surface area contributed by atoms with Crippen molar-refractivity contribution >= 4 is 11.9 Å². The van der Waals surface area contributed by atoms with Crippen molar-refractivity contribution in [2.75, 3.05) is 54.1 Å². The minimum atomic E-state index is -0.362. The zero-order chi connectivity index (χ0) is 13.3. The second-order valence-electron chi connectivity index (χ2n) is 3.88. The number of esters is 1.